The molecule has 0 saturated heterocycles. The van der Waals surface area contributed by atoms with Crippen molar-refractivity contribution >= 4 is 27.4 Å². The van der Waals surface area contributed by atoms with Crippen LogP contribution in [0.15, 0.2) is 59.6 Å². The van der Waals surface area contributed by atoms with Crippen molar-refractivity contribution in [3.05, 3.63) is 70.7 Å². The Hall–Kier alpha value is -2.07. The molecule has 0 spiro atoms. The molecule has 3 nitrogen and oxygen atoms in total. The Kier molecular flexibility index (Phi) is 5.17. The molecule has 4 heteroatoms. The van der Waals surface area contributed by atoms with Crippen molar-refractivity contribution in [2.24, 2.45) is 0 Å². The molecule has 0 fully saturated rings. The summed E-state index contributed by atoms with van der Waals surface area (Å²) in [7, 11) is 1.62. The average molecular weight is 346 g/mol. The maximum Gasteiger partial charge on any atom is 0.251 e. The molecule has 0 aliphatic rings. The van der Waals surface area contributed by atoms with E-state index in [1.807, 2.05) is 36.4 Å². The van der Waals surface area contributed by atoms with Crippen LogP contribution in [0.5, 0.6) is 5.75 Å². The van der Waals surface area contributed by atoms with Gasteiger partial charge < -0.3 is 10.1 Å². The van der Waals surface area contributed by atoms with Gasteiger partial charge in [0.25, 0.3) is 5.91 Å². The average Bonchev–Trinajstić information content (AvgIpc) is 2.53. The van der Waals surface area contributed by atoms with Crippen LogP contribution < -0.4 is 10.1 Å². The number of amides is 1. The van der Waals surface area contributed by atoms with E-state index in [1.165, 1.54) is 0 Å². The Morgan fingerprint density at radius 2 is 1.90 bits per heavy atom. The summed E-state index contributed by atoms with van der Waals surface area (Å²) in [4.78, 5) is 12.0. The standard InChI is InChI=1S/C17H16BrNO2/c1-12(14-4-3-5-16(10-14)21-2)11-19-17(20)13-6-8-15(18)9-7-13/h3-10H,1,11H2,2H3,(H,19,20). The minimum absolute atomic E-state index is 0.119. The fourth-order valence-electron chi connectivity index (χ4n) is 1.84. The number of ether oxygens (including phenoxy) is 1. The Labute approximate surface area is 132 Å². The highest BCUT2D eigenvalue weighted by molar-refractivity contribution is 9.10. The summed E-state index contributed by atoms with van der Waals surface area (Å²) >= 11 is 3.34. The lowest BCUT2D eigenvalue weighted by atomic mass is 10.1. The third-order valence-electron chi connectivity index (χ3n) is 3.05. The van der Waals surface area contributed by atoms with Crippen molar-refractivity contribution in [3.63, 3.8) is 0 Å². The summed E-state index contributed by atoms with van der Waals surface area (Å²) in [6.07, 6.45) is 0. The smallest absolute Gasteiger partial charge is 0.251 e. The summed E-state index contributed by atoms with van der Waals surface area (Å²) < 4.78 is 6.12. The zero-order chi connectivity index (χ0) is 15.2. The highest BCUT2D eigenvalue weighted by Crippen LogP contribution is 2.18. The van der Waals surface area contributed by atoms with E-state index in [0.717, 1.165) is 21.4 Å². The van der Waals surface area contributed by atoms with Gasteiger partial charge in [-0.3, -0.25) is 4.79 Å². The van der Waals surface area contributed by atoms with Crippen LogP contribution in [0.2, 0.25) is 0 Å². The topological polar surface area (TPSA) is 38.3 Å². The first-order chi connectivity index (χ1) is 10.1. The van der Waals surface area contributed by atoms with Gasteiger partial charge in [0.2, 0.25) is 0 Å². The minimum atomic E-state index is -0.119. The Bertz CT molecular complexity index is 650. The van der Waals surface area contributed by atoms with E-state index in [9.17, 15) is 4.79 Å². The molecule has 0 heterocycles. The lowest BCUT2D eigenvalue weighted by Gasteiger charge is -2.09. The molecule has 0 atom stereocenters. The molecular formula is C17H16BrNO2. The number of nitrogens with one attached hydrogen (secondary N) is 1. The summed E-state index contributed by atoms with van der Waals surface area (Å²) in [6, 6.07) is 14.8. The predicted octanol–water partition coefficient (Wildman–Crippen LogP) is 3.90. The Morgan fingerprint density at radius 3 is 2.57 bits per heavy atom. The number of methoxy groups -OCH3 is 1. The summed E-state index contributed by atoms with van der Waals surface area (Å²) in [5, 5.41) is 2.86. The van der Waals surface area contributed by atoms with Crippen molar-refractivity contribution in [2.75, 3.05) is 13.7 Å². The second-order valence-electron chi connectivity index (χ2n) is 4.53. The molecule has 0 saturated carbocycles. The van der Waals surface area contributed by atoms with E-state index in [1.54, 1.807) is 19.2 Å². The number of carbonyl (C=O) groups excluding carboxylic acids is 1. The van der Waals surface area contributed by atoms with E-state index in [2.05, 4.69) is 27.8 Å². The number of hydrogen-bond acceptors (Lipinski definition) is 2. The van der Waals surface area contributed by atoms with Gasteiger partial charge in [-0.25, -0.2) is 0 Å². The molecule has 1 N–H and O–H groups in total. The van der Waals surface area contributed by atoms with Gasteiger partial charge in [-0.2, -0.15) is 0 Å². The van der Waals surface area contributed by atoms with Gasteiger partial charge in [0.1, 0.15) is 5.75 Å². The van der Waals surface area contributed by atoms with Crippen molar-refractivity contribution in [2.45, 2.75) is 0 Å². The van der Waals surface area contributed by atoms with Crippen LogP contribution in [-0.2, 0) is 0 Å². The minimum Gasteiger partial charge on any atom is -0.497 e. The number of hydrogen-bond donors (Lipinski definition) is 1. The van der Waals surface area contributed by atoms with Gasteiger partial charge in [-0.15, -0.1) is 0 Å². The summed E-state index contributed by atoms with van der Waals surface area (Å²) in [6.45, 7) is 4.39. The van der Waals surface area contributed by atoms with Crippen molar-refractivity contribution in [3.8, 4) is 5.75 Å². The fraction of sp³-hybridized carbons (Fsp3) is 0.118. The van der Waals surface area contributed by atoms with Gasteiger partial charge >= 0.3 is 0 Å². The molecule has 2 rings (SSSR count). The van der Waals surface area contributed by atoms with Crippen LogP contribution in [-0.4, -0.2) is 19.6 Å². The highest BCUT2D eigenvalue weighted by atomic mass is 79.9. The van der Waals surface area contributed by atoms with Crippen LogP contribution in [0.1, 0.15) is 15.9 Å². The van der Waals surface area contributed by atoms with Gasteiger partial charge in [-0.05, 0) is 47.5 Å². The van der Waals surface area contributed by atoms with E-state index in [0.29, 0.717) is 12.1 Å². The molecule has 0 aromatic heterocycles. The third kappa shape index (κ3) is 4.20. The molecule has 0 aliphatic heterocycles. The van der Waals surface area contributed by atoms with E-state index in [-0.39, 0.29) is 5.91 Å². The quantitative estimate of drug-likeness (QED) is 0.892. The van der Waals surface area contributed by atoms with E-state index in [4.69, 9.17) is 4.74 Å². The molecule has 2 aromatic carbocycles. The molecule has 0 bridgehead atoms. The van der Waals surface area contributed by atoms with E-state index >= 15 is 0 Å². The largest absolute Gasteiger partial charge is 0.497 e. The zero-order valence-corrected chi connectivity index (χ0v) is 13.3. The predicted molar refractivity (Wildman–Crippen MR) is 88.5 cm³/mol. The molecule has 0 unspecified atom stereocenters. The number of rotatable bonds is 5. The van der Waals surface area contributed by atoms with Gasteiger partial charge in [-0.1, -0.05) is 34.6 Å². The van der Waals surface area contributed by atoms with Crippen LogP contribution in [0.3, 0.4) is 0 Å². The van der Waals surface area contributed by atoms with Crippen LogP contribution in [0, 0.1) is 0 Å². The van der Waals surface area contributed by atoms with Crippen molar-refractivity contribution < 1.29 is 9.53 Å². The molecule has 108 valence electrons. The maximum atomic E-state index is 12.0. The Balaban J connectivity index is 1.97. The second kappa shape index (κ2) is 7.09. The molecular weight excluding hydrogens is 330 g/mol. The SMILES string of the molecule is C=C(CNC(=O)c1ccc(Br)cc1)c1cccc(OC)c1. The van der Waals surface area contributed by atoms with Crippen LogP contribution in [0.25, 0.3) is 5.57 Å². The number of carbonyl (C=O) groups is 1. The number of benzene rings is 2. The van der Waals surface area contributed by atoms with Crippen molar-refractivity contribution in [1.29, 1.82) is 0 Å². The normalized spacial score (nSPS) is 10.0. The first-order valence-electron chi connectivity index (χ1n) is 6.46. The highest BCUT2D eigenvalue weighted by Gasteiger charge is 2.06. The van der Waals surface area contributed by atoms with E-state index < -0.39 is 0 Å². The first kappa shape index (κ1) is 15.3. The van der Waals surface area contributed by atoms with Gasteiger partial charge in [0.15, 0.2) is 0 Å². The lowest BCUT2D eigenvalue weighted by Crippen LogP contribution is -2.24. The maximum absolute atomic E-state index is 12.0. The summed E-state index contributed by atoms with van der Waals surface area (Å²) in [5.41, 5.74) is 2.40. The Morgan fingerprint density at radius 1 is 1.19 bits per heavy atom. The van der Waals surface area contributed by atoms with Gasteiger partial charge in [0.05, 0.1) is 7.11 Å². The fourth-order valence-corrected chi connectivity index (χ4v) is 2.10. The lowest BCUT2D eigenvalue weighted by molar-refractivity contribution is 0.0958. The molecule has 2 aromatic rings. The summed E-state index contributed by atoms with van der Waals surface area (Å²) in [5.74, 6) is 0.652. The molecule has 21 heavy (non-hydrogen) atoms. The zero-order valence-electron chi connectivity index (χ0n) is 11.7. The van der Waals surface area contributed by atoms with Crippen molar-refractivity contribution in [1.82, 2.24) is 5.32 Å². The third-order valence-corrected chi connectivity index (χ3v) is 3.58. The molecule has 0 radical (unpaired) electrons. The van der Waals surface area contributed by atoms with Crippen LogP contribution in [0.4, 0.5) is 0 Å². The number of halogens is 1. The molecule has 0 aliphatic carbocycles. The first-order valence-corrected chi connectivity index (χ1v) is 7.25. The van der Waals surface area contributed by atoms with Crippen LogP contribution >= 0.6 is 15.9 Å². The molecule has 1 amide bonds. The van der Waals surface area contributed by atoms with Gasteiger partial charge in [0, 0.05) is 16.6 Å². The second-order valence-corrected chi connectivity index (χ2v) is 5.44. The monoisotopic (exact) mass is 345 g/mol.